The van der Waals surface area contributed by atoms with Gasteiger partial charge in [0, 0.05) is 12.5 Å². The number of methoxy groups -OCH3 is 1. The topological polar surface area (TPSA) is 82.8 Å². The van der Waals surface area contributed by atoms with Crippen molar-refractivity contribution >= 4 is 26.8 Å². The molecule has 0 N–H and O–H groups in total. The van der Waals surface area contributed by atoms with E-state index in [1.807, 2.05) is 19.9 Å². The largest absolute Gasteiger partial charge is 0.460 e. The molecule has 0 atom stereocenters. The van der Waals surface area contributed by atoms with Crippen LogP contribution in [0.4, 0.5) is 0 Å². The molecule has 0 aliphatic rings. The van der Waals surface area contributed by atoms with Gasteiger partial charge in [0.2, 0.25) is 0 Å². The number of hydrogen-bond acceptors (Lipinski definition) is 6. The summed E-state index contributed by atoms with van der Waals surface area (Å²) in [5.41, 5.74) is 4.10. The van der Waals surface area contributed by atoms with E-state index in [0.717, 1.165) is 16.7 Å². The first kappa shape index (κ1) is 22.1. The van der Waals surface area contributed by atoms with Crippen LogP contribution < -0.4 is 0 Å². The Kier molecular flexibility index (Phi) is 6.33. The minimum absolute atomic E-state index is 0.127. The van der Waals surface area contributed by atoms with E-state index in [1.165, 1.54) is 7.11 Å². The maximum Gasteiger partial charge on any atom is 0.342 e. The highest BCUT2D eigenvalue weighted by molar-refractivity contribution is 7.90. The number of fused-ring (bicyclic) bond motifs is 1. The van der Waals surface area contributed by atoms with Crippen molar-refractivity contribution in [2.24, 2.45) is 0 Å². The van der Waals surface area contributed by atoms with Crippen molar-refractivity contribution in [1.29, 1.82) is 0 Å². The number of benzene rings is 2. The number of ether oxygens (including phenoxy) is 2. The molecule has 6 nitrogen and oxygen atoms in total. The Bertz CT molecular complexity index is 1200. The second-order valence-electron chi connectivity index (χ2n) is 7.45. The molecule has 160 valence electrons. The van der Waals surface area contributed by atoms with E-state index in [2.05, 4.69) is 0 Å². The lowest BCUT2D eigenvalue weighted by Crippen LogP contribution is -2.10. The van der Waals surface area contributed by atoms with Crippen LogP contribution in [-0.2, 0) is 25.1 Å². The molecule has 0 amide bonds. The molecule has 0 saturated heterocycles. The van der Waals surface area contributed by atoms with Gasteiger partial charge in [0.15, 0.2) is 9.84 Å². The molecule has 0 bridgehead atoms. The summed E-state index contributed by atoms with van der Waals surface area (Å²) in [6, 6.07) is 8.69. The lowest BCUT2D eigenvalue weighted by molar-refractivity contribution is 0.0388. The van der Waals surface area contributed by atoms with Gasteiger partial charge in [-0.1, -0.05) is 12.1 Å². The summed E-state index contributed by atoms with van der Waals surface area (Å²) in [6.45, 7) is 7.76. The van der Waals surface area contributed by atoms with E-state index in [4.69, 9.17) is 13.9 Å². The van der Waals surface area contributed by atoms with Crippen LogP contribution in [-0.4, -0.2) is 34.7 Å². The van der Waals surface area contributed by atoms with Crippen molar-refractivity contribution in [1.82, 2.24) is 0 Å². The smallest absolute Gasteiger partial charge is 0.342 e. The SMILES string of the molecule is COCCOC(=O)c1c(C)oc2ccc(CS(=O)(=O)c3cc(C)c(C)cc3C)cc12. The summed E-state index contributed by atoms with van der Waals surface area (Å²) in [5, 5.41) is 0.541. The van der Waals surface area contributed by atoms with Crippen LogP contribution in [0.3, 0.4) is 0 Å². The fourth-order valence-corrected chi connectivity index (χ4v) is 5.15. The minimum atomic E-state index is -3.56. The molecule has 0 saturated carbocycles. The Morgan fingerprint density at radius 3 is 2.37 bits per heavy atom. The zero-order valence-corrected chi connectivity index (χ0v) is 18.7. The van der Waals surface area contributed by atoms with Crippen LogP contribution in [0.2, 0.25) is 0 Å². The molecule has 1 heterocycles. The number of carbonyl (C=O) groups is 1. The van der Waals surface area contributed by atoms with Gasteiger partial charge < -0.3 is 13.9 Å². The highest BCUT2D eigenvalue weighted by Crippen LogP contribution is 2.29. The predicted molar refractivity (Wildman–Crippen MR) is 115 cm³/mol. The molecule has 30 heavy (non-hydrogen) atoms. The summed E-state index contributed by atoms with van der Waals surface area (Å²) < 4.78 is 42.0. The Morgan fingerprint density at radius 2 is 1.67 bits per heavy atom. The van der Waals surface area contributed by atoms with Crippen molar-refractivity contribution in [3.8, 4) is 0 Å². The van der Waals surface area contributed by atoms with Gasteiger partial charge in [0.1, 0.15) is 23.5 Å². The molecular weight excluding hydrogens is 404 g/mol. The van der Waals surface area contributed by atoms with Crippen LogP contribution in [0.25, 0.3) is 11.0 Å². The third-order valence-corrected chi connectivity index (χ3v) is 6.96. The van der Waals surface area contributed by atoms with Gasteiger partial charge in [-0.15, -0.1) is 0 Å². The molecule has 0 aliphatic carbocycles. The van der Waals surface area contributed by atoms with Gasteiger partial charge in [-0.2, -0.15) is 0 Å². The first-order chi connectivity index (χ1) is 14.1. The van der Waals surface area contributed by atoms with Crippen LogP contribution in [0.15, 0.2) is 39.6 Å². The normalized spacial score (nSPS) is 11.8. The first-order valence-corrected chi connectivity index (χ1v) is 11.3. The number of carbonyl (C=O) groups excluding carboxylic acids is 1. The van der Waals surface area contributed by atoms with Crippen molar-refractivity contribution in [3.05, 3.63) is 63.9 Å². The predicted octanol–water partition coefficient (Wildman–Crippen LogP) is 4.44. The van der Waals surface area contributed by atoms with Gasteiger partial charge in [0.05, 0.1) is 17.3 Å². The van der Waals surface area contributed by atoms with Crippen LogP contribution in [0.1, 0.15) is 38.4 Å². The standard InChI is InChI=1S/C23H26O6S/c1-14-10-16(3)21(11-15(14)2)30(25,26)13-18-6-7-20-19(12-18)22(17(4)29-20)23(24)28-9-8-27-5/h6-7,10-12H,8-9,13H2,1-5H3. The molecule has 0 aliphatic heterocycles. The van der Waals surface area contributed by atoms with Gasteiger partial charge in [-0.05, 0) is 68.1 Å². The molecule has 0 fully saturated rings. The van der Waals surface area contributed by atoms with Crippen LogP contribution in [0.5, 0.6) is 0 Å². The number of furan rings is 1. The lowest BCUT2D eigenvalue weighted by Gasteiger charge is -2.11. The number of hydrogen-bond donors (Lipinski definition) is 0. The molecule has 3 rings (SSSR count). The maximum atomic E-state index is 13.1. The molecule has 7 heteroatoms. The lowest BCUT2D eigenvalue weighted by atomic mass is 10.1. The number of rotatable bonds is 7. The summed E-state index contributed by atoms with van der Waals surface area (Å²) >= 11 is 0. The molecule has 0 spiro atoms. The number of aryl methyl sites for hydroxylation is 4. The van der Waals surface area contributed by atoms with E-state index < -0.39 is 15.8 Å². The Labute approximate surface area is 176 Å². The van der Waals surface area contributed by atoms with Crippen LogP contribution in [0, 0.1) is 27.7 Å². The molecule has 2 aromatic carbocycles. The summed E-state index contributed by atoms with van der Waals surface area (Å²) in [6.07, 6.45) is 0. The average Bonchev–Trinajstić information content (AvgIpc) is 2.99. The molecule has 0 radical (unpaired) electrons. The highest BCUT2D eigenvalue weighted by Gasteiger charge is 2.23. The van der Waals surface area contributed by atoms with E-state index in [-0.39, 0.29) is 12.4 Å². The Hall–Kier alpha value is -2.64. The van der Waals surface area contributed by atoms with Gasteiger partial charge in [-0.3, -0.25) is 0 Å². The summed E-state index contributed by atoms with van der Waals surface area (Å²) in [5.74, 6) is -0.264. The molecule has 0 unspecified atom stereocenters. The molecule has 3 aromatic rings. The highest BCUT2D eigenvalue weighted by atomic mass is 32.2. The van der Waals surface area contributed by atoms with Gasteiger partial charge in [0.25, 0.3) is 0 Å². The third-order valence-electron chi connectivity index (χ3n) is 5.14. The fourth-order valence-electron chi connectivity index (χ4n) is 3.47. The van der Waals surface area contributed by atoms with E-state index in [1.54, 1.807) is 38.1 Å². The van der Waals surface area contributed by atoms with E-state index in [9.17, 15) is 13.2 Å². The van der Waals surface area contributed by atoms with Crippen molar-refractivity contribution in [2.75, 3.05) is 20.3 Å². The third kappa shape index (κ3) is 4.42. The van der Waals surface area contributed by atoms with Gasteiger partial charge >= 0.3 is 5.97 Å². The first-order valence-electron chi connectivity index (χ1n) is 9.62. The molecule has 1 aromatic heterocycles. The monoisotopic (exact) mass is 430 g/mol. The van der Waals surface area contributed by atoms with Crippen molar-refractivity contribution in [2.45, 2.75) is 38.3 Å². The van der Waals surface area contributed by atoms with E-state index >= 15 is 0 Å². The quantitative estimate of drug-likeness (QED) is 0.407. The minimum Gasteiger partial charge on any atom is -0.460 e. The number of sulfone groups is 1. The van der Waals surface area contributed by atoms with Gasteiger partial charge in [-0.25, -0.2) is 13.2 Å². The molecular formula is C23H26O6S. The zero-order valence-electron chi connectivity index (χ0n) is 17.9. The number of esters is 1. The Morgan fingerprint density at radius 1 is 0.967 bits per heavy atom. The zero-order chi connectivity index (χ0) is 22.1. The summed E-state index contributed by atoms with van der Waals surface area (Å²) in [4.78, 5) is 12.8. The fraction of sp³-hybridized carbons (Fsp3) is 0.348. The second kappa shape index (κ2) is 8.62. The van der Waals surface area contributed by atoms with Crippen LogP contribution >= 0.6 is 0 Å². The van der Waals surface area contributed by atoms with E-state index in [0.29, 0.717) is 39.4 Å². The van der Waals surface area contributed by atoms with Crippen molar-refractivity contribution < 1.29 is 27.1 Å². The maximum absolute atomic E-state index is 13.1. The Balaban J connectivity index is 1.96. The summed E-state index contributed by atoms with van der Waals surface area (Å²) in [7, 11) is -2.03. The average molecular weight is 431 g/mol. The second-order valence-corrected chi connectivity index (χ2v) is 9.41. The van der Waals surface area contributed by atoms with Crippen molar-refractivity contribution in [3.63, 3.8) is 0 Å².